The molecule has 1 saturated heterocycles. The molecule has 4 heteroatoms. The van der Waals surface area contributed by atoms with Gasteiger partial charge in [-0.15, -0.1) is 0 Å². The highest BCUT2D eigenvalue weighted by Gasteiger charge is 2.23. The number of nitrogens with one attached hydrogen (secondary N) is 1. The number of fused-ring (bicyclic) bond motifs is 1. The molecule has 1 aliphatic rings. The van der Waals surface area contributed by atoms with E-state index in [1.54, 1.807) is 0 Å². The second-order valence-corrected chi connectivity index (χ2v) is 5.33. The zero-order valence-electron chi connectivity index (χ0n) is 11.3. The quantitative estimate of drug-likeness (QED) is 0.887. The van der Waals surface area contributed by atoms with Crippen LogP contribution in [0.25, 0.3) is 11.0 Å². The molecule has 2 aromatic rings. The van der Waals surface area contributed by atoms with Gasteiger partial charge in [-0.25, -0.2) is 4.98 Å². The molecular formula is C15H21N3O. The molecule has 1 aromatic heterocycles. The van der Waals surface area contributed by atoms with E-state index < -0.39 is 0 Å². The summed E-state index contributed by atoms with van der Waals surface area (Å²) in [6.07, 6.45) is 3.72. The lowest BCUT2D eigenvalue weighted by Gasteiger charge is -2.27. The number of aliphatic hydroxyl groups is 1. The van der Waals surface area contributed by atoms with Gasteiger partial charge < -0.3 is 15.0 Å². The smallest absolute Gasteiger partial charge is 0.0958 e. The van der Waals surface area contributed by atoms with Crippen LogP contribution in [-0.4, -0.2) is 27.7 Å². The molecule has 102 valence electrons. The first kappa shape index (κ1) is 12.6. The van der Waals surface area contributed by atoms with Crippen molar-refractivity contribution < 1.29 is 5.11 Å². The van der Waals surface area contributed by atoms with Crippen molar-refractivity contribution in [2.24, 2.45) is 5.92 Å². The molecule has 1 aromatic carbocycles. The Morgan fingerprint density at radius 1 is 1.53 bits per heavy atom. The Kier molecular flexibility index (Phi) is 3.53. The van der Waals surface area contributed by atoms with Gasteiger partial charge in [-0.2, -0.15) is 0 Å². The second-order valence-electron chi connectivity index (χ2n) is 5.33. The number of nitrogens with zero attached hydrogens (tertiary/aromatic N) is 2. The summed E-state index contributed by atoms with van der Waals surface area (Å²) in [7, 11) is 0. The molecule has 0 amide bonds. The van der Waals surface area contributed by atoms with E-state index in [1.165, 1.54) is 0 Å². The van der Waals surface area contributed by atoms with Gasteiger partial charge in [0.15, 0.2) is 0 Å². The van der Waals surface area contributed by atoms with Crippen LogP contribution in [0.1, 0.15) is 31.4 Å². The first-order valence-electron chi connectivity index (χ1n) is 7.13. The van der Waals surface area contributed by atoms with E-state index in [1.807, 2.05) is 18.5 Å². The van der Waals surface area contributed by atoms with Crippen LogP contribution in [0, 0.1) is 5.92 Å². The first-order chi connectivity index (χ1) is 9.29. The van der Waals surface area contributed by atoms with E-state index in [0.29, 0.717) is 5.92 Å². The SMILES string of the molecule is CCn1cnc2cc(C(O)C3CCCNC3)ccc21. The summed E-state index contributed by atoms with van der Waals surface area (Å²) in [6, 6.07) is 6.14. The van der Waals surface area contributed by atoms with Crippen molar-refractivity contribution in [1.29, 1.82) is 0 Å². The maximum atomic E-state index is 10.5. The fourth-order valence-electron chi connectivity index (χ4n) is 2.94. The summed E-state index contributed by atoms with van der Waals surface area (Å²) in [6.45, 7) is 5.01. The van der Waals surface area contributed by atoms with Crippen LogP contribution in [0.3, 0.4) is 0 Å². The molecule has 0 radical (unpaired) electrons. The summed E-state index contributed by atoms with van der Waals surface area (Å²) in [4.78, 5) is 4.41. The summed E-state index contributed by atoms with van der Waals surface area (Å²) < 4.78 is 2.12. The Hall–Kier alpha value is -1.39. The zero-order valence-corrected chi connectivity index (χ0v) is 11.3. The molecule has 1 fully saturated rings. The molecule has 2 heterocycles. The van der Waals surface area contributed by atoms with Crippen molar-refractivity contribution in [1.82, 2.24) is 14.9 Å². The van der Waals surface area contributed by atoms with E-state index in [4.69, 9.17) is 0 Å². The number of aliphatic hydroxyl groups excluding tert-OH is 1. The molecule has 2 N–H and O–H groups in total. The van der Waals surface area contributed by atoms with Crippen molar-refractivity contribution in [3.05, 3.63) is 30.1 Å². The van der Waals surface area contributed by atoms with E-state index in [-0.39, 0.29) is 6.10 Å². The number of hydrogen-bond acceptors (Lipinski definition) is 3. The van der Waals surface area contributed by atoms with Crippen LogP contribution in [0.15, 0.2) is 24.5 Å². The minimum atomic E-state index is -0.385. The summed E-state index contributed by atoms with van der Waals surface area (Å²) in [5.41, 5.74) is 3.10. The summed E-state index contributed by atoms with van der Waals surface area (Å²) >= 11 is 0. The Morgan fingerprint density at radius 2 is 2.42 bits per heavy atom. The van der Waals surface area contributed by atoms with Crippen LogP contribution in [-0.2, 0) is 6.54 Å². The topological polar surface area (TPSA) is 50.1 Å². The highest BCUT2D eigenvalue weighted by molar-refractivity contribution is 5.76. The second kappa shape index (κ2) is 5.31. The highest BCUT2D eigenvalue weighted by Crippen LogP contribution is 2.28. The van der Waals surface area contributed by atoms with Crippen molar-refractivity contribution in [2.75, 3.05) is 13.1 Å². The lowest BCUT2D eigenvalue weighted by molar-refractivity contribution is 0.0923. The van der Waals surface area contributed by atoms with E-state index in [0.717, 1.165) is 49.1 Å². The standard InChI is InChI=1S/C15H21N3O/c1-2-18-10-17-13-8-11(5-6-14(13)18)15(19)12-4-3-7-16-9-12/h5-6,8,10,12,15-16,19H,2-4,7,9H2,1H3. The molecule has 0 aliphatic carbocycles. The predicted molar refractivity (Wildman–Crippen MR) is 76.0 cm³/mol. The van der Waals surface area contributed by atoms with Gasteiger partial charge in [0.2, 0.25) is 0 Å². The molecule has 3 rings (SSSR count). The fraction of sp³-hybridized carbons (Fsp3) is 0.533. The van der Waals surface area contributed by atoms with Gasteiger partial charge in [0.1, 0.15) is 0 Å². The third-order valence-corrected chi connectivity index (χ3v) is 4.11. The van der Waals surface area contributed by atoms with Crippen LogP contribution in [0.4, 0.5) is 0 Å². The number of aryl methyl sites for hydroxylation is 1. The zero-order chi connectivity index (χ0) is 13.2. The number of hydrogen-bond donors (Lipinski definition) is 2. The maximum Gasteiger partial charge on any atom is 0.0958 e. The maximum absolute atomic E-state index is 10.5. The van der Waals surface area contributed by atoms with Crippen LogP contribution >= 0.6 is 0 Å². The van der Waals surface area contributed by atoms with Crippen molar-refractivity contribution >= 4 is 11.0 Å². The molecule has 4 nitrogen and oxygen atoms in total. The number of benzene rings is 1. The molecule has 19 heavy (non-hydrogen) atoms. The molecule has 1 aliphatic heterocycles. The van der Waals surface area contributed by atoms with Gasteiger partial charge in [-0.05, 0) is 44.0 Å². The van der Waals surface area contributed by atoms with Crippen molar-refractivity contribution in [3.8, 4) is 0 Å². The monoisotopic (exact) mass is 259 g/mol. The Balaban J connectivity index is 1.87. The minimum absolute atomic E-state index is 0.319. The molecule has 2 unspecified atom stereocenters. The number of piperidine rings is 1. The van der Waals surface area contributed by atoms with Crippen molar-refractivity contribution in [2.45, 2.75) is 32.4 Å². The van der Waals surface area contributed by atoms with Crippen LogP contribution < -0.4 is 5.32 Å². The molecule has 0 spiro atoms. The first-order valence-corrected chi connectivity index (χ1v) is 7.13. The number of imidazole rings is 1. The summed E-state index contributed by atoms with van der Waals surface area (Å²) in [5, 5.41) is 13.9. The van der Waals surface area contributed by atoms with Gasteiger partial charge in [-0.3, -0.25) is 0 Å². The van der Waals surface area contributed by atoms with Gasteiger partial charge in [0.25, 0.3) is 0 Å². The summed E-state index contributed by atoms with van der Waals surface area (Å²) in [5.74, 6) is 0.319. The Bertz CT molecular complexity index is 558. The van der Waals surface area contributed by atoms with E-state index >= 15 is 0 Å². The van der Waals surface area contributed by atoms with E-state index in [9.17, 15) is 5.11 Å². The molecule has 2 atom stereocenters. The van der Waals surface area contributed by atoms with Crippen molar-refractivity contribution in [3.63, 3.8) is 0 Å². The minimum Gasteiger partial charge on any atom is -0.388 e. The fourth-order valence-corrected chi connectivity index (χ4v) is 2.94. The highest BCUT2D eigenvalue weighted by atomic mass is 16.3. The number of rotatable bonds is 3. The lowest BCUT2D eigenvalue weighted by atomic mass is 9.89. The normalized spacial score (nSPS) is 21.7. The number of aromatic nitrogens is 2. The average Bonchev–Trinajstić information content (AvgIpc) is 2.89. The van der Waals surface area contributed by atoms with Gasteiger partial charge in [0, 0.05) is 19.0 Å². The molecule has 0 bridgehead atoms. The van der Waals surface area contributed by atoms with Gasteiger partial charge in [-0.1, -0.05) is 6.07 Å². The van der Waals surface area contributed by atoms with Gasteiger partial charge in [0.05, 0.1) is 23.5 Å². The average molecular weight is 259 g/mol. The molecule has 0 saturated carbocycles. The molecular weight excluding hydrogens is 238 g/mol. The lowest BCUT2D eigenvalue weighted by Crippen LogP contribution is -2.33. The van der Waals surface area contributed by atoms with Gasteiger partial charge >= 0.3 is 0 Å². The van der Waals surface area contributed by atoms with Crippen LogP contribution in [0.5, 0.6) is 0 Å². The largest absolute Gasteiger partial charge is 0.388 e. The third-order valence-electron chi connectivity index (χ3n) is 4.11. The predicted octanol–water partition coefficient (Wildman–Crippen LogP) is 2.09. The van der Waals surface area contributed by atoms with Crippen LogP contribution in [0.2, 0.25) is 0 Å². The third kappa shape index (κ3) is 2.38. The Labute approximate surface area is 113 Å². The Morgan fingerprint density at radius 3 is 3.16 bits per heavy atom. The van der Waals surface area contributed by atoms with E-state index in [2.05, 4.69) is 27.9 Å².